The molecule has 0 saturated carbocycles. The van der Waals surface area contributed by atoms with Gasteiger partial charge in [-0.25, -0.2) is 0 Å². The molecule has 12 aromatic rings. The summed E-state index contributed by atoms with van der Waals surface area (Å²) in [6.07, 6.45) is 0. The van der Waals surface area contributed by atoms with E-state index < -0.39 is 0 Å². The zero-order chi connectivity index (χ0) is 43.1. The second-order valence-corrected chi connectivity index (χ2v) is 16.7. The molecule has 0 bridgehead atoms. The Kier molecular flexibility index (Phi) is 9.58. The lowest BCUT2D eigenvalue weighted by Gasteiger charge is -2.29. The first kappa shape index (κ1) is 38.2. The van der Waals surface area contributed by atoms with Gasteiger partial charge in [0.05, 0.1) is 11.4 Å². The average molecular weight is 826 g/mol. The van der Waals surface area contributed by atoms with Gasteiger partial charge in [0.2, 0.25) is 0 Å². The van der Waals surface area contributed by atoms with Gasteiger partial charge in [0.1, 0.15) is 0 Å². The van der Waals surface area contributed by atoms with E-state index in [1.165, 1.54) is 98.7 Å². The molecule has 0 radical (unpaired) electrons. The van der Waals surface area contributed by atoms with Crippen LogP contribution in [0.15, 0.2) is 261 Å². The summed E-state index contributed by atoms with van der Waals surface area (Å²) < 4.78 is 0. The van der Waals surface area contributed by atoms with Crippen LogP contribution in [0.2, 0.25) is 0 Å². The van der Waals surface area contributed by atoms with E-state index in [-0.39, 0.29) is 0 Å². The summed E-state index contributed by atoms with van der Waals surface area (Å²) in [5, 5.41) is 9.75. The molecule has 0 unspecified atom stereocenters. The monoisotopic (exact) mass is 825 g/mol. The summed E-state index contributed by atoms with van der Waals surface area (Å²) in [5.41, 5.74) is 15.4. The van der Waals surface area contributed by atoms with Gasteiger partial charge in [-0.1, -0.05) is 231 Å². The number of fused-ring (bicyclic) bond motifs is 5. The summed E-state index contributed by atoms with van der Waals surface area (Å²) in [7, 11) is 0. The number of hydrogen-bond acceptors (Lipinski definition) is 1. The summed E-state index contributed by atoms with van der Waals surface area (Å²) in [6.45, 7) is 0. The third kappa shape index (κ3) is 6.65. The molecule has 65 heavy (non-hydrogen) atoms. The van der Waals surface area contributed by atoms with Crippen LogP contribution in [0.25, 0.3) is 98.7 Å². The fourth-order valence-corrected chi connectivity index (χ4v) is 10.2. The Bertz CT molecular complexity index is 3670. The Morgan fingerprint density at radius 1 is 0.215 bits per heavy atom. The van der Waals surface area contributed by atoms with Gasteiger partial charge >= 0.3 is 0 Å². The molecule has 0 aliphatic rings. The highest BCUT2D eigenvalue weighted by Crippen LogP contribution is 2.52. The molecule has 0 atom stereocenters. The number of benzene rings is 12. The summed E-state index contributed by atoms with van der Waals surface area (Å²) >= 11 is 0. The van der Waals surface area contributed by atoms with Crippen molar-refractivity contribution in [3.05, 3.63) is 261 Å². The van der Waals surface area contributed by atoms with Gasteiger partial charge in [-0.15, -0.1) is 0 Å². The van der Waals surface area contributed by atoms with Gasteiger partial charge in [-0.05, 0) is 118 Å². The maximum atomic E-state index is 2.46. The lowest BCUT2D eigenvalue weighted by atomic mass is 9.78. The van der Waals surface area contributed by atoms with Crippen molar-refractivity contribution < 1.29 is 0 Å². The molecule has 12 aromatic carbocycles. The van der Waals surface area contributed by atoms with Crippen LogP contribution in [0.1, 0.15) is 0 Å². The Hall–Kier alpha value is -8.52. The normalized spacial score (nSPS) is 11.4. The maximum Gasteiger partial charge on any atom is 0.0546 e. The second kappa shape index (κ2) is 16.3. The number of rotatable bonds is 8. The number of hydrogen-bond donors (Lipinski definition) is 0. The van der Waals surface area contributed by atoms with E-state index in [0.29, 0.717) is 0 Å². The van der Waals surface area contributed by atoms with Crippen molar-refractivity contribution in [1.29, 1.82) is 0 Å². The molecule has 0 spiro atoms. The highest BCUT2D eigenvalue weighted by Gasteiger charge is 2.25. The maximum absolute atomic E-state index is 2.46. The zero-order valence-electron chi connectivity index (χ0n) is 35.8. The van der Waals surface area contributed by atoms with Crippen molar-refractivity contribution in [2.45, 2.75) is 0 Å². The molecule has 0 heterocycles. The minimum Gasteiger partial charge on any atom is -0.309 e. The minimum atomic E-state index is 1.11. The molecule has 0 aliphatic carbocycles. The van der Waals surface area contributed by atoms with Crippen molar-refractivity contribution >= 4 is 60.2 Å². The zero-order valence-corrected chi connectivity index (χ0v) is 35.8. The number of anilines is 3. The molecule has 0 saturated heterocycles. The Morgan fingerprint density at radius 2 is 0.646 bits per heavy atom. The summed E-state index contributed by atoms with van der Waals surface area (Å²) in [6, 6.07) is 95.4. The minimum absolute atomic E-state index is 1.11. The van der Waals surface area contributed by atoms with Crippen LogP contribution in [0.5, 0.6) is 0 Å². The van der Waals surface area contributed by atoms with Crippen LogP contribution in [-0.2, 0) is 0 Å². The molecule has 0 aromatic heterocycles. The highest BCUT2D eigenvalue weighted by atomic mass is 15.1. The van der Waals surface area contributed by atoms with Crippen molar-refractivity contribution in [2.24, 2.45) is 0 Å². The molecule has 12 rings (SSSR count). The molecule has 0 amide bonds. The molecular weight excluding hydrogens is 783 g/mol. The van der Waals surface area contributed by atoms with Gasteiger partial charge in [0.25, 0.3) is 0 Å². The summed E-state index contributed by atoms with van der Waals surface area (Å²) in [5.74, 6) is 0. The third-order valence-corrected chi connectivity index (χ3v) is 13.0. The van der Waals surface area contributed by atoms with E-state index in [4.69, 9.17) is 0 Å². The van der Waals surface area contributed by atoms with Crippen LogP contribution in [-0.4, -0.2) is 0 Å². The first-order valence-electron chi connectivity index (χ1n) is 22.4. The van der Waals surface area contributed by atoms with E-state index in [9.17, 15) is 0 Å². The third-order valence-electron chi connectivity index (χ3n) is 13.0. The largest absolute Gasteiger partial charge is 0.309 e. The van der Waals surface area contributed by atoms with Crippen molar-refractivity contribution in [3.63, 3.8) is 0 Å². The van der Waals surface area contributed by atoms with E-state index in [1.54, 1.807) is 0 Å². The predicted molar refractivity (Wildman–Crippen MR) is 278 cm³/mol. The lowest BCUT2D eigenvalue weighted by molar-refractivity contribution is 1.32. The van der Waals surface area contributed by atoms with Gasteiger partial charge in [-0.3, -0.25) is 0 Å². The van der Waals surface area contributed by atoms with Crippen molar-refractivity contribution in [2.75, 3.05) is 4.90 Å². The Morgan fingerprint density at radius 3 is 1.22 bits per heavy atom. The molecule has 1 nitrogen and oxygen atoms in total. The van der Waals surface area contributed by atoms with E-state index >= 15 is 0 Å². The van der Waals surface area contributed by atoms with Crippen molar-refractivity contribution in [3.8, 4) is 55.6 Å². The van der Waals surface area contributed by atoms with Crippen LogP contribution in [0.3, 0.4) is 0 Å². The van der Waals surface area contributed by atoms with Crippen LogP contribution >= 0.6 is 0 Å². The lowest BCUT2D eigenvalue weighted by Crippen LogP contribution is -2.11. The predicted octanol–water partition coefficient (Wildman–Crippen LogP) is 18.1. The number of para-hydroxylation sites is 1. The van der Waals surface area contributed by atoms with E-state index in [2.05, 4.69) is 266 Å². The molecule has 304 valence electrons. The highest BCUT2D eigenvalue weighted by molar-refractivity contribution is 6.20. The van der Waals surface area contributed by atoms with Crippen LogP contribution in [0, 0.1) is 0 Å². The van der Waals surface area contributed by atoms with Crippen LogP contribution in [0.4, 0.5) is 17.1 Å². The standard InChI is InChI=1S/C64H43N/c1-6-22-44(23-7-1)61-57-39-38-49(42-58(57)62(45-24-8-2-9-25-45)64(47-28-12-4-13-29-47)63(61)46-26-10-3-11-27-46)52-40-41-59(55-36-20-18-35-54(52)55)65(50-31-14-5-15-32-50)60-43-48-30-16-17-33-51(48)53-34-19-21-37-56(53)60/h1-43H. The van der Waals surface area contributed by atoms with Gasteiger partial charge in [0, 0.05) is 16.5 Å². The smallest absolute Gasteiger partial charge is 0.0546 e. The van der Waals surface area contributed by atoms with Crippen LogP contribution < -0.4 is 4.90 Å². The SMILES string of the molecule is c1ccc(-c2c(-c3ccccc3)c(-c3ccccc3)c3cc(-c4ccc(N(c5ccccc5)c5cc6ccccc6c6ccccc56)c5ccccc45)ccc3c2-c2ccccc2)cc1. The van der Waals surface area contributed by atoms with Gasteiger partial charge in [-0.2, -0.15) is 0 Å². The quantitative estimate of drug-likeness (QED) is 0.138. The van der Waals surface area contributed by atoms with Gasteiger partial charge < -0.3 is 4.90 Å². The average Bonchev–Trinajstić information content (AvgIpc) is 3.39. The fraction of sp³-hybridized carbons (Fsp3) is 0. The first-order valence-corrected chi connectivity index (χ1v) is 22.4. The van der Waals surface area contributed by atoms with E-state index in [0.717, 1.165) is 17.1 Å². The first-order chi connectivity index (χ1) is 32.3. The Labute approximate surface area is 379 Å². The fourth-order valence-electron chi connectivity index (χ4n) is 10.2. The van der Waals surface area contributed by atoms with E-state index in [1.807, 2.05) is 0 Å². The Balaban J connectivity index is 1.15. The topological polar surface area (TPSA) is 3.24 Å². The van der Waals surface area contributed by atoms with Crippen molar-refractivity contribution in [1.82, 2.24) is 0 Å². The number of nitrogens with zero attached hydrogens (tertiary/aromatic N) is 1. The molecule has 1 heteroatoms. The molecule has 0 N–H and O–H groups in total. The molecular formula is C64H43N. The molecule has 0 fully saturated rings. The molecule has 0 aliphatic heterocycles. The summed E-state index contributed by atoms with van der Waals surface area (Å²) in [4.78, 5) is 2.46. The second-order valence-electron chi connectivity index (χ2n) is 16.7. The van der Waals surface area contributed by atoms with Gasteiger partial charge in [0.15, 0.2) is 0 Å².